The number of benzene rings is 1. The molecule has 142 valence electrons. The quantitative estimate of drug-likeness (QED) is 0.772. The lowest BCUT2D eigenvalue weighted by Crippen LogP contribution is -2.33. The lowest BCUT2D eigenvalue weighted by molar-refractivity contribution is -0.129. The molecule has 0 spiro atoms. The number of aliphatic hydroxyl groups is 1. The van der Waals surface area contributed by atoms with Gasteiger partial charge in [0.2, 0.25) is 0 Å². The third-order valence-electron chi connectivity index (χ3n) is 4.53. The second-order valence-electron chi connectivity index (χ2n) is 7.11. The molecule has 0 aliphatic carbocycles. The number of rotatable bonds is 8. The number of hydrogen-bond acceptors (Lipinski definition) is 5. The number of aliphatic hydroxyl groups excluding tert-OH is 1. The van der Waals surface area contributed by atoms with Gasteiger partial charge in [-0.1, -0.05) is 26.0 Å². The minimum absolute atomic E-state index is 0.194. The van der Waals surface area contributed by atoms with Crippen molar-refractivity contribution >= 4 is 11.7 Å². The molecule has 0 aromatic heterocycles. The van der Waals surface area contributed by atoms with E-state index >= 15 is 0 Å². The van der Waals surface area contributed by atoms with Crippen LogP contribution >= 0.6 is 0 Å². The summed E-state index contributed by atoms with van der Waals surface area (Å²) in [5, 5.41) is 10.4. The third kappa shape index (κ3) is 4.07. The predicted octanol–water partition coefficient (Wildman–Crippen LogP) is 2.57. The highest BCUT2D eigenvalue weighted by atomic mass is 16.5. The van der Waals surface area contributed by atoms with Crippen LogP contribution in [0, 0.1) is 5.92 Å². The lowest BCUT2D eigenvalue weighted by Gasteiger charge is -2.28. The Morgan fingerprint density at radius 2 is 1.88 bits per heavy atom. The van der Waals surface area contributed by atoms with Crippen molar-refractivity contribution < 1.29 is 19.4 Å². The van der Waals surface area contributed by atoms with Crippen LogP contribution in [0.1, 0.15) is 31.9 Å². The molecule has 1 aromatic carbocycles. The summed E-state index contributed by atoms with van der Waals surface area (Å²) in [7, 11) is 5.52. The van der Waals surface area contributed by atoms with Crippen LogP contribution in [0.3, 0.4) is 0 Å². The fourth-order valence-corrected chi connectivity index (χ4v) is 3.14. The summed E-state index contributed by atoms with van der Waals surface area (Å²) in [6.45, 7) is 4.82. The maximum absolute atomic E-state index is 12.7. The van der Waals surface area contributed by atoms with Crippen molar-refractivity contribution in [3.05, 3.63) is 41.2 Å². The molecule has 1 aliphatic rings. The van der Waals surface area contributed by atoms with Gasteiger partial charge in [0.05, 0.1) is 18.7 Å². The number of Topliss-reactive ketones (excluding diaryl/α,β-unsaturated/α-hetero) is 1. The van der Waals surface area contributed by atoms with Gasteiger partial charge in [-0.3, -0.25) is 9.59 Å². The number of ketones is 1. The Hall–Kier alpha value is -2.34. The Kier molecular flexibility index (Phi) is 6.42. The van der Waals surface area contributed by atoms with Crippen LogP contribution in [0.5, 0.6) is 5.75 Å². The summed E-state index contributed by atoms with van der Waals surface area (Å²) in [5.41, 5.74) is 0.983. The summed E-state index contributed by atoms with van der Waals surface area (Å²) in [6, 6.07) is 6.70. The average Bonchev–Trinajstić information content (AvgIpc) is 2.85. The average molecular weight is 360 g/mol. The van der Waals surface area contributed by atoms with Crippen molar-refractivity contribution in [2.24, 2.45) is 5.92 Å². The molecule has 1 N–H and O–H groups in total. The van der Waals surface area contributed by atoms with Gasteiger partial charge in [-0.15, -0.1) is 0 Å². The monoisotopic (exact) mass is 360 g/mol. The number of carbonyl (C=O) groups excluding carboxylic acids is 2. The Labute approximate surface area is 155 Å². The highest BCUT2D eigenvalue weighted by molar-refractivity contribution is 6.09. The number of hydrogen-bond donors (Lipinski definition) is 1. The maximum Gasteiger partial charge on any atom is 0.290 e. The van der Waals surface area contributed by atoms with Crippen molar-refractivity contribution in [1.82, 2.24) is 9.80 Å². The van der Waals surface area contributed by atoms with Crippen LogP contribution < -0.4 is 4.74 Å². The van der Waals surface area contributed by atoms with Crippen LogP contribution in [-0.4, -0.2) is 60.9 Å². The standard InChI is InChI=1S/C20H28N2O4/c1-13(2)18(23)16-17(14-7-9-15(26-5)10-8-14)22(20(25)19(16)24)12-6-11-21(3)4/h7-10,13,17,24H,6,11-12H2,1-5H3. The van der Waals surface area contributed by atoms with Gasteiger partial charge in [0.1, 0.15) is 5.75 Å². The van der Waals surface area contributed by atoms with Crippen LogP contribution in [0.2, 0.25) is 0 Å². The van der Waals surface area contributed by atoms with Crippen molar-refractivity contribution in [3.8, 4) is 5.75 Å². The van der Waals surface area contributed by atoms with E-state index in [1.807, 2.05) is 31.1 Å². The fraction of sp³-hybridized carbons (Fsp3) is 0.500. The molecule has 26 heavy (non-hydrogen) atoms. The molecular formula is C20H28N2O4. The fourth-order valence-electron chi connectivity index (χ4n) is 3.14. The van der Waals surface area contributed by atoms with Crippen molar-refractivity contribution in [1.29, 1.82) is 0 Å². The van der Waals surface area contributed by atoms with Gasteiger partial charge in [0.15, 0.2) is 11.5 Å². The van der Waals surface area contributed by atoms with E-state index in [0.717, 1.165) is 18.5 Å². The van der Waals surface area contributed by atoms with Crippen LogP contribution in [0.15, 0.2) is 35.6 Å². The molecule has 1 aliphatic heterocycles. The molecule has 1 unspecified atom stereocenters. The molecule has 0 fully saturated rings. The van der Waals surface area contributed by atoms with Gasteiger partial charge >= 0.3 is 0 Å². The van der Waals surface area contributed by atoms with E-state index in [1.54, 1.807) is 38.0 Å². The lowest BCUT2D eigenvalue weighted by atomic mass is 9.91. The van der Waals surface area contributed by atoms with Crippen LogP contribution in [0.4, 0.5) is 0 Å². The summed E-state index contributed by atoms with van der Waals surface area (Å²) in [4.78, 5) is 29.0. The maximum atomic E-state index is 12.7. The SMILES string of the molecule is COc1ccc(C2C(C(=O)C(C)C)=C(O)C(=O)N2CCCN(C)C)cc1. The molecule has 6 heteroatoms. The van der Waals surface area contributed by atoms with Crippen LogP contribution in [-0.2, 0) is 9.59 Å². The molecule has 0 bridgehead atoms. The van der Waals surface area contributed by atoms with Gasteiger partial charge in [0.25, 0.3) is 5.91 Å². The van der Waals surface area contributed by atoms with Gasteiger partial charge in [0, 0.05) is 12.5 Å². The summed E-state index contributed by atoms with van der Waals surface area (Å²) in [6.07, 6.45) is 0.752. The third-order valence-corrected chi connectivity index (χ3v) is 4.53. The molecular weight excluding hydrogens is 332 g/mol. The number of ether oxygens (including phenoxy) is 1. The number of nitrogens with zero attached hydrogens (tertiary/aromatic N) is 2. The van der Waals surface area contributed by atoms with E-state index in [0.29, 0.717) is 12.3 Å². The molecule has 1 atom stereocenters. The smallest absolute Gasteiger partial charge is 0.290 e. The highest BCUT2D eigenvalue weighted by Crippen LogP contribution is 2.39. The first-order valence-electron chi connectivity index (χ1n) is 8.85. The molecule has 1 amide bonds. The largest absolute Gasteiger partial charge is 0.503 e. The zero-order valence-electron chi connectivity index (χ0n) is 16.2. The van der Waals surface area contributed by atoms with Gasteiger partial charge < -0.3 is 19.6 Å². The van der Waals surface area contributed by atoms with Crippen LogP contribution in [0.25, 0.3) is 0 Å². The van der Waals surface area contributed by atoms with E-state index in [1.165, 1.54) is 0 Å². The minimum Gasteiger partial charge on any atom is -0.503 e. The highest BCUT2D eigenvalue weighted by Gasteiger charge is 2.43. The Balaban J connectivity index is 2.40. The second kappa shape index (κ2) is 8.36. The molecule has 0 radical (unpaired) electrons. The molecule has 1 aromatic rings. The summed E-state index contributed by atoms with van der Waals surface area (Å²) >= 11 is 0. The van der Waals surface area contributed by atoms with E-state index in [9.17, 15) is 14.7 Å². The van der Waals surface area contributed by atoms with Gasteiger partial charge in [-0.2, -0.15) is 0 Å². The van der Waals surface area contributed by atoms with Crippen molar-refractivity contribution in [2.45, 2.75) is 26.3 Å². The van der Waals surface area contributed by atoms with Crippen molar-refractivity contribution in [3.63, 3.8) is 0 Å². The van der Waals surface area contributed by atoms with E-state index in [2.05, 4.69) is 0 Å². The molecule has 2 rings (SSSR count). The zero-order chi connectivity index (χ0) is 19.4. The predicted molar refractivity (Wildman–Crippen MR) is 100 cm³/mol. The Bertz CT molecular complexity index is 692. The van der Waals surface area contributed by atoms with E-state index in [-0.39, 0.29) is 17.3 Å². The number of amides is 1. The molecule has 1 heterocycles. The number of methoxy groups -OCH3 is 1. The van der Waals surface area contributed by atoms with E-state index < -0.39 is 17.7 Å². The van der Waals surface area contributed by atoms with Gasteiger partial charge in [-0.25, -0.2) is 0 Å². The number of carbonyl (C=O) groups is 2. The Morgan fingerprint density at radius 1 is 1.27 bits per heavy atom. The van der Waals surface area contributed by atoms with Crippen molar-refractivity contribution in [2.75, 3.05) is 34.3 Å². The van der Waals surface area contributed by atoms with E-state index in [4.69, 9.17) is 4.74 Å². The molecule has 0 saturated carbocycles. The first kappa shape index (κ1) is 20.0. The first-order chi connectivity index (χ1) is 12.3. The summed E-state index contributed by atoms with van der Waals surface area (Å²) < 4.78 is 5.19. The zero-order valence-corrected chi connectivity index (χ0v) is 16.2. The Morgan fingerprint density at radius 3 is 2.38 bits per heavy atom. The van der Waals surface area contributed by atoms with Gasteiger partial charge in [-0.05, 0) is 44.8 Å². The topological polar surface area (TPSA) is 70.1 Å². The molecule has 0 saturated heterocycles. The molecule has 6 nitrogen and oxygen atoms in total. The minimum atomic E-state index is -0.564. The normalized spacial score (nSPS) is 17.6. The summed E-state index contributed by atoms with van der Waals surface area (Å²) in [5.74, 6) is -0.709. The first-order valence-corrected chi connectivity index (χ1v) is 8.85. The second-order valence-corrected chi connectivity index (χ2v) is 7.11.